The van der Waals surface area contributed by atoms with Gasteiger partial charge in [0.05, 0.1) is 13.2 Å². The van der Waals surface area contributed by atoms with Gasteiger partial charge in [0.25, 0.3) is 0 Å². The van der Waals surface area contributed by atoms with Crippen LogP contribution in [0.5, 0.6) is 11.5 Å². The monoisotopic (exact) mass is 336 g/mol. The highest BCUT2D eigenvalue weighted by atomic mass is 32.2. The lowest BCUT2D eigenvalue weighted by molar-refractivity contribution is -0.133. The molecule has 5 nitrogen and oxygen atoms in total. The predicted molar refractivity (Wildman–Crippen MR) is 91.4 cm³/mol. The highest BCUT2D eigenvalue weighted by Crippen LogP contribution is 2.34. The summed E-state index contributed by atoms with van der Waals surface area (Å²) in [6, 6.07) is 6.31. The molecular formula is C17H24N2O3S. The third kappa shape index (κ3) is 4.32. The van der Waals surface area contributed by atoms with Crippen LogP contribution in [-0.4, -0.2) is 55.4 Å². The minimum Gasteiger partial charge on any atom is -0.490 e. The average Bonchev–Trinajstić information content (AvgIpc) is 2.80. The maximum Gasteiger partial charge on any atom is 0.223 e. The highest BCUT2D eigenvalue weighted by molar-refractivity contribution is 7.99. The van der Waals surface area contributed by atoms with Crippen LogP contribution in [0.4, 0.5) is 0 Å². The van der Waals surface area contributed by atoms with Gasteiger partial charge in [0.2, 0.25) is 5.91 Å². The number of amides is 1. The van der Waals surface area contributed by atoms with Crippen molar-refractivity contribution in [1.82, 2.24) is 10.2 Å². The van der Waals surface area contributed by atoms with Crippen molar-refractivity contribution in [2.24, 2.45) is 0 Å². The van der Waals surface area contributed by atoms with Crippen molar-refractivity contribution in [3.63, 3.8) is 0 Å². The number of nitrogens with one attached hydrogen (secondary N) is 1. The summed E-state index contributed by atoms with van der Waals surface area (Å²) in [6.07, 6.45) is 1.48. The zero-order chi connectivity index (χ0) is 16.1. The smallest absolute Gasteiger partial charge is 0.223 e. The number of carbonyl (C=O) groups excluding carboxylic acids is 1. The molecule has 1 saturated heterocycles. The second kappa shape index (κ2) is 7.93. The summed E-state index contributed by atoms with van der Waals surface area (Å²) in [5.41, 5.74) is 0. The second-order valence-electron chi connectivity index (χ2n) is 5.90. The van der Waals surface area contributed by atoms with Crippen LogP contribution < -0.4 is 14.8 Å². The number of piperazine rings is 1. The third-order valence-electron chi connectivity index (χ3n) is 4.13. The summed E-state index contributed by atoms with van der Waals surface area (Å²) in [5, 5.41) is 3.31. The molecule has 126 valence electrons. The number of rotatable bonds is 4. The molecule has 0 aromatic heterocycles. The number of nitrogens with zero attached hydrogens (tertiary/aromatic N) is 1. The van der Waals surface area contributed by atoms with E-state index < -0.39 is 0 Å². The number of ether oxygens (including phenoxy) is 2. The molecule has 23 heavy (non-hydrogen) atoms. The van der Waals surface area contributed by atoms with Gasteiger partial charge in [-0.2, -0.15) is 0 Å². The summed E-state index contributed by atoms with van der Waals surface area (Å²) in [5.74, 6) is 2.67. The van der Waals surface area contributed by atoms with Gasteiger partial charge >= 0.3 is 0 Å². The lowest BCUT2D eigenvalue weighted by Crippen LogP contribution is -2.52. The Morgan fingerprint density at radius 2 is 2.17 bits per heavy atom. The molecule has 6 heteroatoms. The molecule has 0 radical (unpaired) electrons. The molecule has 0 saturated carbocycles. The maximum atomic E-state index is 12.3. The molecule has 1 amide bonds. The van der Waals surface area contributed by atoms with Crippen LogP contribution in [0.1, 0.15) is 19.8 Å². The van der Waals surface area contributed by atoms with E-state index in [1.807, 2.05) is 23.1 Å². The first-order chi connectivity index (χ1) is 11.2. The van der Waals surface area contributed by atoms with E-state index in [2.05, 4.69) is 12.2 Å². The van der Waals surface area contributed by atoms with Crippen molar-refractivity contribution in [2.45, 2.75) is 30.7 Å². The molecule has 1 atom stereocenters. The SMILES string of the molecule is C[C@@H]1CNCCN1C(=O)CCSc1ccc2c(c1)OCCCO2. The van der Waals surface area contributed by atoms with Crippen LogP contribution in [0, 0.1) is 0 Å². The Balaban J connectivity index is 1.50. The number of carbonyl (C=O) groups is 1. The Labute approximate surface area is 141 Å². The molecule has 2 aliphatic heterocycles. The number of hydrogen-bond donors (Lipinski definition) is 1. The van der Waals surface area contributed by atoms with Crippen LogP contribution >= 0.6 is 11.8 Å². The zero-order valence-corrected chi connectivity index (χ0v) is 14.4. The van der Waals surface area contributed by atoms with Gasteiger partial charge < -0.3 is 19.7 Å². The first kappa shape index (κ1) is 16.5. The van der Waals surface area contributed by atoms with Crippen LogP contribution in [-0.2, 0) is 4.79 Å². The van der Waals surface area contributed by atoms with Crippen LogP contribution in [0.3, 0.4) is 0 Å². The quantitative estimate of drug-likeness (QED) is 0.854. The van der Waals surface area contributed by atoms with Gasteiger partial charge in [0, 0.05) is 49.2 Å². The van der Waals surface area contributed by atoms with Crippen molar-refractivity contribution in [3.8, 4) is 11.5 Å². The lowest BCUT2D eigenvalue weighted by Gasteiger charge is -2.34. The third-order valence-corrected chi connectivity index (χ3v) is 5.12. The molecular weight excluding hydrogens is 312 g/mol. The number of hydrogen-bond acceptors (Lipinski definition) is 5. The van der Waals surface area contributed by atoms with E-state index in [1.54, 1.807) is 11.8 Å². The van der Waals surface area contributed by atoms with E-state index in [1.165, 1.54) is 0 Å². The molecule has 1 fully saturated rings. The van der Waals surface area contributed by atoms with Crippen molar-refractivity contribution >= 4 is 17.7 Å². The normalized spacial score (nSPS) is 20.9. The Morgan fingerprint density at radius 1 is 1.35 bits per heavy atom. The van der Waals surface area contributed by atoms with Crippen LogP contribution in [0.25, 0.3) is 0 Å². The van der Waals surface area contributed by atoms with Crippen molar-refractivity contribution in [2.75, 3.05) is 38.6 Å². The van der Waals surface area contributed by atoms with Crippen molar-refractivity contribution in [3.05, 3.63) is 18.2 Å². The molecule has 2 heterocycles. The fourth-order valence-electron chi connectivity index (χ4n) is 2.84. The topological polar surface area (TPSA) is 50.8 Å². The summed E-state index contributed by atoms with van der Waals surface area (Å²) in [7, 11) is 0. The van der Waals surface area contributed by atoms with Gasteiger partial charge in [-0.25, -0.2) is 0 Å². The van der Waals surface area contributed by atoms with E-state index in [-0.39, 0.29) is 5.91 Å². The van der Waals surface area contributed by atoms with Crippen LogP contribution in [0.15, 0.2) is 23.1 Å². The van der Waals surface area contributed by atoms with E-state index >= 15 is 0 Å². The Hall–Kier alpha value is -1.40. The predicted octanol–water partition coefficient (Wildman–Crippen LogP) is 2.15. The largest absolute Gasteiger partial charge is 0.490 e. The molecule has 0 bridgehead atoms. The van der Waals surface area contributed by atoms with Gasteiger partial charge in [-0.3, -0.25) is 4.79 Å². The molecule has 3 rings (SSSR count). The van der Waals surface area contributed by atoms with E-state index in [9.17, 15) is 4.79 Å². The second-order valence-corrected chi connectivity index (χ2v) is 7.07. The Kier molecular flexibility index (Phi) is 5.67. The van der Waals surface area contributed by atoms with Gasteiger partial charge in [0.15, 0.2) is 11.5 Å². The van der Waals surface area contributed by atoms with Gasteiger partial charge in [-0.05, 0) is 25.1 Å². The summed E-state index contributed by atoms with van der Waals surface area (Å²) < 4.78 is 11.3. The number of benzene rings is 1. The first-order valence-electron chi connectivity index (χ1n) is 8.26. The van der Waals surface area contributed by atoms with Gasteiger partial charge in [-0.15, -0.1) is 11.8 Å². The fraction of sp³-hybridized carbons (Fsp3) is 0.588. The number of fused-ring (bicyclic) bond motifs is 1. The fourth-order valence-corrected chi connectivity index (χ4v) is 3.71. The van der Waals surface area contributed by atoms with E-state index in [4.69, 9.17) is 9.47 Å². The van der Waals surface area contributed by atoms with E-state index in [0.717, 1.165) is 48.2 Å². The lowest BCUT2D eigenvalue weighted by atomic mass is 10.2. The molecule has 0 spiro atoms. The molecule has 0 aliphatic carbocycles. The zero-order valence-electron chi connectivity index (χ0n) is 13.5. The minimum atomic E-state index is 0.251. The Bertz CT molecular complexity index is 553. The maximum absolute atomic E-state index is 12.3. The van der Waals surface area contributed by atoms with Gasteiger partial charge in [-0.1, -0.05) is 0 Å². The summed E-state index contributed by atoms with van der Waals surface area (Å²) in [6.45, 7) is 6.10. The van der Waals surface area contributed by atoms with Crippen molar-refractivity contribution < 1.29 is 14.3 Å². The molecule has 1 aromatic carbocycles. The molecule has 1 aromatic rings. The van der Waals surface area contributed by atoms with Crippen molar-refractivity contribution in [1.29, 1.82) is 0 Å². The highest BCUT2D eigenvalue weighted by Gasteiger charge is 2.22. The first-order valence-corrected chi connectivity index (χ1v) is 9.25. The standard InChI is InChI=1S/C17H24N2O3S/c1-13-12-18-6-7-19(13)17(20)5-10-23-14-3-4-15-16(11-14)22-9-2-8-21-15/h3-4,11,13,18H,2,5-10,12H2,1H3/t13-/m1/s1. The molecule has 1 N–H and O–H groups in total. The van der Waals surface area contributed by atoms with Gasteiger partial charge in [0.1, 0.15) is 0 Å². The Morgan fingerprint density at radius 3 is 3.00 bits per heavy atom. The molecule has 2 aliphatic rings. The average molecular weight is 336 g/mol. The summed E-state index contributed by atoms with van der Waals surface area (Å²) >= 11 is 1.69. The molecule has 0 unspecified atom stereocenters. The van der Waals surface area contributed by atoms with Crippen LogP contribution in [0.2, 0.25) is 0 Å². The number of thioether (sulfide) groups is 1. The minimum absolute atomic E-state index is 0.251. The summed E-state index contributed by atoms with van der Waals surface area (Å²) in [4.78, 5) is 15.4. The van der Waals surface area contributed by atoms with E-state index in [0.29, 0.717) is 25.7 Å².